The smallest absolute Gasteiger partial charge is 0.273 e. The van der Waals surface area contributed by atoms with Crippen LogP contribution in [0.5, 0.6) is 0 Å². The molecule has 0 aliphatic carbocycles. The number of rotatable bonds is 4. The van der Waals surface area contributed by atoms with E-state index in [1.165, 1.54) is 0 Å². The Morgan fingerprint density at radius 2 is 2.56 bits per heavy atom. The third-order valence-electron chi connectivity index (χ3n) is 2.44. The Morgan fingerprint density at radius 3 is 3.12 bits per heavy atom. The molecule has 88 valence electrons. The summed E-state index contributed by atoms with van der Waals surface area (Å²) in [5.41, 5.74) is 0.285. The van der Waals surface area contributed by atoms with Crippen LogP contribution in [-0.2, 0) is 0 Å². The lowest BCUT2D eigenvalue weighted by Crippen LogP contribution is -2.43. The Bertz CT molecular complexity index is 372. The maximum absolute atomic E-state index is 11.5. The fraction of sp³-hybridized carbons (Fsp3) is 0.667. The van der Waals surface area contributed by atoms with E-state index in [9.17, 15) is 4.79 Å². The summed E-state index contributed by atoms with van der Waals surface area (Å²) in [6.45, 7) is 3.55. The van der Waals surface area contributed by atoms with Crippen molar-refractivity contribution in [1.82, 2.24) is 25.6 Å². The van der Waals surface area contributed by atoms with Gasteiger partial charge in [-0.2, -0.15) is 0 Å². The maximum Gasteiger partial charge on any atom is 0.273 e. The van der Waals surface area contributed by atoms with Crippen LogP contribution in [0.4, 0.5) is 0 Å². The molecule has 1 fully saturated rings. The van der Waals surface area contributed by atoms with Crippen molar-refractivity contribution in [3.05, 3.63) is 11.9 Å². The first-order valence-electron chi connectivity index (χ1n) is 5.25. The van der Waals surface area contributed by atoms with Gasteiger partial charge in [0.2, 0.25) is 0 Å². The summed E-state index contributed by atoms with van der Waals surface area (Å²) in [6.07, 6.45) is 1.07. The first-order valence-corrected chi connectivity index (χ1v) is 5.25. The summed E-state index contributed by atoms with van der Waals surface area (Å²) in [4.78, 5) is 11.5. The molecule has 1 saturated heterocycles. The SMILES string of the molecule is C[C@H](O)CNC(=O)c1cn(C2CNC2)nn1. The molecule has 16 heavy (non-hydrogen) atoms. The molecule has 1 aromatic heterocycles. The second-order valence-corrected chi connectivity index (χ2v) is 3.95. The van der Waals surface area contributed by atoms with Crippen molar-refractivity contribution in [3.63, 3.8) is 0 Å². The molecule has 7 heteroatoms. The number of aliphatic hydroxyl groups is 1. The molecule has 0 unspecified atom stereocenters. The summed E-state index contributed by atoms with van der Waals surface area (Å²) in [5, 5.41) is 22.4. The summed E-state index contributed by atoms with van der Waals surface area (Å²) in [5.74, 6) is -0.306. The Labute approximate surface area is 92.8 Å². The Kier molecular flexibility index (Phi) is 3.16. The normalized spacial score (nSPS) is 17.9. The maximum atomic E-state index is 11.5. The lowest BCUT2D eigenvalue weighted by atomic mass is 10.2. The Balaban J connectivity index is 1.92. The number of hydrogen-bond acceptors (Lipinski definition) is 5. The summed E-state index contributed by atoms with van der Waals surface area (Å²) < 4.78 is 1.69. The molecule has 7 nitrogen and oxygen atoms in total. The van der Waals surface area contributed by atoms with Crippen molar-refractivity contribution in [2.24, 2.45) is 0 Å². The van der Waals surface area contributed by atoms with Gasteiger partial charge in [-0.3, -0.25) is 4.79 Å². The van der Waals surface area contributed by atoms with Gasteiger partial charge < -0.3 is 15.7 Å². The number of hydrogen-bond donors (Lipinski definition) is 3. The van der Waals surface area contributed by atoms with Gasteiger partial charge in [0.1, 0.15) is 0 Å². The zero-order valence-electron chi connectivity index (χ0n) is 9.05. The van der Waals surface area contributed by atoms with E-state index in [0.717, 1.165) is 13.1 Å². The van der Waals surface area contributed by atoms with E-state index < -0.39 is 6.10 Å². The molecular weight excluding hydrogens is 210 g/mol. The summed E-state index contributed by atoms with van der Waals surface area (Å²) in [6, 6.07) is 0.297. The third-order valence-corrected chi connectivity index (χ3v) is 2.44. The first kappa shape index (κ1) is 11.0. The second kappa shape index (κ2) is 4.58. The van der Waals surface area contributed by atoms with Crippen molar-refractivity contribution >= 4 is 5.91 Å². The van der Waals surface area contributed by atoms with Crippen LogP contribution >= 0.6 is 0 Å². The molecule has 0 radical (unpaired) electrons. The summed E-state index contributed by atoms with van der Waals surface area (Å²) in [7, 11) is 0. The van der Waals surface area contributed by atoms with E-state index in [1.54, 1.807) is 17.8 Å². The molecular formula is C9H15N5O2. The molecule has 0 bridgehead atoms. The predicted molar refractivity (Wildman–Crippen MR) is 55.9 cm³/mol. The fourth-order valence-corrected chi connectivity index (χ4v) is 1.35. The number of aromatic nitrogens is 3. The average Bonchev–Trinajstić information content (AvgIpc) is 2.60. The highest BCUT2D eigenvalue weighted by Gasteiger charge is 2.21. The Morgan fingerprint density at radius 1 is 1.81 bits per heavy atom. The van der Waals surface area contributed by atoms with Crippen LogP contribution in [0.3, 0.4) is 0 Å². The van der Waals surface area contributed by atoms with Crippen LogP contribution in [0.1, 0.15) is 23.5 Å². The van der Waals surface area contributed by atoms with Crippen molar-refractivity contribution in [2.45, 2.75) is 19.1 Å². The number of aliphatic hydroxyl groups excluding tert-OH is 1. The van der Waals surface area contributed by atoms with Gasteiger partial charge in [0.25, 0.3) is 5.91 Å². The molecule has 0 spiro atoms. The largest absolute Gasteiger partial charge is 0.392 e. The van der Waals surface area contributed by atoms with Crippen LogP contribution in [0, 0.1) is 0 Å². The lowest BCUT2D eigenvalue weighted by Gasteiger charge is -2.26. The van der Waals surface area contributed by atoms with Gasteiger partial charge in [0, 0.05) is 19.6 Å². The second-order valence-electron chi connectivity index (χ2n) is 3.95. The molecule has 0 aromatic carbocycles. The monoisotopic (exact) mass is 225 g/mol. The molecule has 3 N–H and O–H groups in total. The molecule has 2 rings (SSSR count). The van der Waals surface area contributed by atoms with Crippen molar-refractivity contribution in [3.8, 4) is 0 Å². The molecule has 1 amide bonds. The van der Waals surface area contributed by atoms with Gasteiger partial charge in [-0.25, -0.2) is 4.68 Å². The van der Waals surface area contributed by atoms with Gasteiger partial charge >= 0.3 is 0 Å². The lowest BCUT2D eigenvalue weighted by molar-refractivity contribution is 0.0919. The van der Waals surface area contributed by atoms with E-state index in [1.807, 2.05) is 0 Å². The van der Waals surface area contributed by atoms with Gasteiger partial charge in [0.15, 0.2) is 5.69 Å². The topological polar surface area (TPSA) is 92.1 Å². The molecule has 1 atom stereocenters. The molecule has 1 aliphatic rings. The number of nitrogens with zero attached hydrogens (tertiary/aromatic N) is 3. The standard InChI is InChI=1S/C9H15N5O2/c1-6(15)2-11-9(16)8-5-14(13-12-8)7-3-10-4-7/h5-7,10,15H,2-4H2,1H3,(H,11,16)/t6-/m0/s1. The van der Waals surface area contributed by atoms with E-state index in [4.69, 9.17) is 5.11 Å². The van der Waals surface area contributed by atoms with Crippen LogP contribution in [0.25, 0.3) is 0 Å². The minimum atomic E-state index is -0.560. The zero-order valence-corrected chi connectivity index (χ0v) is 9.05. The van der Waals surface area contributed by atoms with Crippen LogP contribution in [0.15, 0.2) is 6.20 Å². The summed E-state index contributed by atoms with van der Waals surface area (Å²) >= 11 is 0. The number of amides is 1. The quantitative estimate of drug-likeness (QED) is 0.582. The molecule has 1 aliphatic heterocycles. The Hall–Kier alpha value is -1.47. The minimum absolute atomic E-state index is 0.219. The number of nitrogens with one attached hydrogen (secondary N) is 2. The van der Waals surface area contributed by atoms with Gasteiger partial charge in [0.05, 0.1) is 18.3 Å². The highest BCUT2D eigenvalue weighted by atomic mass is 16.3. The highest BCUT2D eigenvalue weighted by Crippen LogP contribution is 2.09. The minimum Gasteiger partial charge on any atom is -0.392 e. The average molecular weight is 225 g/mol. The van der Waals surface area contributed by atoms with Crippen molar-refractivity contribution in [1.29, 1.82) is 0 Å². The number of carbonyl (C=O) groups is 1. The predicted octanol–water partition coefficient (Wildman–Crippen LogP) is -1.47. The molecule has 1 aromatic rings. The van der Waals surface area contributed by atoms with Crippen molar-refractivity contribution < 1.29 is 9.90 Å². The fourth-order valence-electron chi connectivity index (χ4n) is 1.35. The number of carbonyl (C=O) groups excluding carboxylic acids is 1. The highest BCUT2D eigenvalue weighted by molar-refractivity contribution is 5.91. The molecule has 2 heterocycles. The first-order chi connectivity index (χ1) is 7.66. The van der Waals surface area contributed by atoms with Gasteiger partial charge in [-0.05, 0) is 6.92 Å². The third kappa shape index (κ3) is 2.37. The van der Waals surface area contributed by atoms with Crippen LogP contribution in [0.2, 0.25) is 0 Å². The van der Waals surface area contributed by atoms with E-state index in [0.29, 0.717) is 6.04 Å². The van der Waals surface area contributed by atoms with E-state index in [-0.39, 0.29) is 18.1 Å². The molecule has 0 saturated carbocycles. The van der Waals surface area contributed by atoms with Gasteiger partial charge in [-0.1, -0.05) is 5.21 Å². The van der Waals surface area contributed by atoms with Crippen molar-refractivity contribution in [2.75, 3.05) is 19.6 Å². The zero-order chi connectivity index (χ0) is 11.5. The van der Waals surface area contributed by atoms with Crippen LogP contribution in [-0.4, -0.2) is 51.7 Å². The van der Waals surface area contributed by atoms with Gasteiger partial charge in [-0.15, -0.1) is 5.10 Å². The van der Waals surface area contributed by atoms with E-state index >= 15 is 0 Å². The van der Waals surface area contributed by atoms with E-state index in [2.05, 4.69) is 20.9 Å². The van der Waals surface area contributed by atoms with Crippen LogP contribution < -0.4 is 10.6 Å².